The van der Waals surface area contributed by atoms with Crippen molar-refractivity contribution in [3.05, 3.63) is 35.4 Å². The molecule has 0 aliphatic rings. The van der Waals surface area contributed by atoms with Crippen LogP contribution in [0.5, 0.6) is 0 Å². The summed E-state index contributed by atoms with van der Waals surface area (Å²) in [4.78, 5) is 24.4. The molecule has 3 N–H and O–H groups in total. The van der Waals surface area contributed by atoms with E-state index in [9.17, 15) is 14.7 Å². The minimum absolute atomic E-state index is 0.160. The first-order valence-electron chi connectivity index (χ1n) is 8.86. The van der Waals surface area contributed by atoms with Gasteiger partial charge in [0.1, 0.15) is 0 Å². The Hall–Kier alpha value is -2.43. The van der Waals surface area contributed by atoms with Crippen LogP contribution in [0.4, 0.5) is 0 Å². The standard InChI is InChI=1S/C20H29N3O4/c1-14(23-18(25)16-8-6-7-15(9-16)11-21)12-22-17(24)10-19(2,3)13-27-20(4,5)26/h6-9,14,26H,10,12-13H2,1-5H3,(H,22,24)(H,23,25). The fraction of sp³-hybridized carbons (Fsp3) is 0.550. The van der Waals surface area contributed by atoms with Crippen LogP contribution in [0.25, 0.3) is 0 Å². The molecule has 1 aromatic rings. The Balaban J connectivity index is 2.44. The van der Waals surface area contributed by atoms with E-state index in [1.54, 1.807) is 39.0 Å². The molecule has 0 aliphatic heterocycles. The Morgan fingerprint density at radius 1 is 1.30 bits per heavy atom. The monoisotopic (exact) mass is 375 g/mol. The SMILES string of the molecule is CC(CNC(=O)CC(C)(C)COC(C)(C)O)NC(=O)c1cccc(C#N)c1. The molecular weight excluding hydrogens is 346 g/mol. The summed E-state index contributed by atoms with van der Waals surface area (Å²) in [7, 11) is 0. The van der Waals surface area contributed by atoms with E-state index >= 15 is 0 Å². The molecule has 2 amide bonds. The molecule has 0 aromatic heterocycles. The highest BCUT2D eigenvalue weighted by Gasteiger charge is 2.26. The van der Waals surface area contributed by atoms with Crippen LogP contribution in [0.3, 0.4) is 0 Å². The number of benzene rings is 1. The van der Waals surface area contributed by atoms with Crippen LogP contribution in [0, 0.1) is 16.7 Å². The number of hydrogen-bond donors (Lipinski definition) is 3. The summed E-state index contributed by atoms with van der Waals surface area (Å²) >= 11 is 0. The second kappa shape index (κ2) is 9.49. The van der Waals surface area contributed by atoms with Crippen LogP contribution in [-0.2, 0) is 9.53 Å². The zero-order valence-electron chi connectivity index (χ0n) is 16.6. The first-order chi connectivity index (χ1) is 12.4. The van der Waals surface area contributed by atoms with Gasteiger partial charge in [-0.2, -0.15) is 5.26 Å². The first kappa shape index (κ1) is 22.6. The van der Waals surface area contributed by atoms with Gasteiger partial charge in [-0.1, -0.05) is 19.9 Å². The zero-order chi connectivity index (χ0) is 20.7. The van der Waals surface area contributed by atoms with Crippen molar-refractivity contribution in [1.29, 1.82) is 5.26 Å². The molecule has 0 aliphatic carbocycles. The molecule has 0 saturated heterocycles. The van der Waals surface area contributed by atoms with E-state index in [0.29, 0.717) is 11.1 Å². The summed E-state index contributed by atoms with van der Waals surface area (Å²) in [6.45, 7) is 9.16. The third-order valence-corrected chi connectivity index (χ3v) is 3.69. The van der Waals surface area contributed by atoms with Crippen LogP contribution in [0.2, 0.25) is 0 Å². The number of carbonyl (C=O) groups is 2. The third-order valence-electron chi connectivity index (χ3n) is 3.69. The highest BCUT2D eigenvalue weighted by atomic mass is 16.6. The fourth-order valence-electron chi connectivity index (χ4n) is 2.28. The predicted octanol–water partition coefficient (Wildman–Crippen LogP) is 1.95. The summed E-state index contributed by atoms with van der Waals surface area (Å²) in [5.74, 6) is -1.70. The molecule has 1 unspecified atom stereocenters. The maximum absolute atomic E-state index is 12.2. The van der Waals surface area contributed by atoms with Crippen molar-refractivity contribution in [3.63, 3.8) is 0 Å². The van der Waals surface area contributed by atoms with Crippen LogP contribution in [-0.4, -0.2) is 41.9 Å². The van der Waals surface area contributed by atoms with Crippen molar-refractivity contribution in [2.75, 3.05) is 13.2 Å². The van der Waals surface area contributed by atoms with Crippen molar-refractivity contribution in [1.82, 2.24) is 10.6 Å². The highest BCUT2D eigenvalue weighted by Crippen LogP contribution is 2.22. The smallest absolute Gasteiger partial charge is 0.251 e. The van der Waals surface area contributed by atoms with E-state index in [2.05, 4.69) is 10.6 Å². The van der Waals surface area contributed by atoms with Crippen LogP contribution >= 0.6 is 0 Å². The maximum atomic E-state index is 12.2. The quantitative estimate of drug-likeness (QED) is 0.571. The number of rotatable bonds is 9. The van der Waals surface area contributed by atoms with E-state index < -0.39 is 11.2 Å². The largest absolute Gasteiger partial charge is 0.366 e. The summed E-state index contributed by atoms with van der Waals surface area (Å²) in [5, 5.41) is 24.1. The molecule has 7 heteroatoms. The Bertz CT molecular complexity index is 702. The van der Waals surface area contributed by atoms with Gasteiger partial charge in [-0.3, -0.25) is 9.59 Å². The number of nitriles is 1. The van der Waals surface area contributed by atoms with Crippen molar-refractivity contribution >= 4 is 11.8 Å². The lowest BCUT2D eigenvalue weighted by molar-refractivity contribution is -0.192. The van der Waals surface area contributed by atoms with Gasteiger partial charge in [-0.25, -0.2) is 0 Å². The first-order valence-corrected chi connectivity index (χ1v) is 8.86. The number of hydrogen-bond acceptors (Lipinski definition) is 5. The summed E-state index contributed by atoms with van der Waals surface area (Å²) in [5.41, 5.74) is 0.380. The van der Waals surface area contributed by atoms with E-state index in [0.717, 1.165) is 0 Å². The van der Waals surface area contributed by atoms with E-state index in [1.165, 1.54) is 6.07 Å². The molecule has 7 nitrogen and oxygen atoms in total. The van der Waals surface area contributed by atoms with Gasteiger partial charge in [-0.05, 0) is 44.4 Å². The zero-order valence-corrected chi connectivity index (χ0v) is 16.6. The Labute approximate surface area is 160 Å². The van der Waals surface area contributed by atoms with Crippen molar-refractivity contribution in [3.8, 4) is 6.07 Å². The van der Waals surface area contributed by atoms with Crippen LogP contribution in [0.1, 0.15) is 57.0 Å². The van der Waals surface area contributed by atoms with E-state index in [-0.39, 0.29) is 37.4 Å². The Morgan fingerprint density at radius 3 is 2.56 bits per heavy atom. The molecular formula is C20H29N3O4. The second-order valence-corrected chi connectivity index (χ2v) is 7.95. The van der Waals surface area contributed by atoms with Gasteiger partial charge in [0, 0.05) is 24.6 Å². The highest BCUT2D eigenvalue weighted by molar-refractivity contribution is 5.94. The Kier molecular flexibility index (Phi) is 7.95. The van der Waals surface area contributed by atoms with Gasteiger partial charge in [0.25, 0.3) is 5.91 Å². The second-order valence-electron chi connectivity index (χ2n) is 7.95. The molecule has 0 radical (unpaired) electrons. The number of ether oxygens (including phenoxy) is 1. The molecule has 1 rings (SSSR count). The lowest BCUT2D eigenvalue weighted by Gasteiger charge is -2.28. The Morgan fingerprint density at radius 2 is 1.96 bits per heavy atom. The minimum Gasteiger partial charge on any atom is -0.366 e. The molecule has 27 heavy (non-hydrogen) atoms. The van der Waals surface area contributed by atoms with Crippen LogP contribution in [0.15, 0.2) is 24.3 Å². The molecule has 0 heterocycles. The molecule has 0 saturated carbocycles. The minimum atomic E-state index is -1.24. The molecule has 0 spiro atoms. The molecule has 0 fully saturated rings. The number of amides is 2. The van der Waals surface area contributed by atoms with Gasteiger partial charge < -0.3 is 20.5 Å². The van der Waals surface area contributed by atoms with E-state index in [1.807, 2.05) is 19.9 Å². The van der Waals surface area contributed by atoms with Crippen LogP contribution < -0.4 is 10.6 Å². The average molecular weight is 375 g/mol. The molecule has 1 atom stereocenters. The lowest BCUT2D eigenvalue weighted by Crippen LogP contribution is -2.43. The summed E-state index contributed by atoms with van der Waals surface area (Å²) < 4.78 is 5.34. The van der Waals surface area contributed by atoms with Gasteiger partial charge in [0.05, 0.1) is 18.2 Å². The number of carbonyl (C=O) groups excluding carboxylic acids is 2. The fourth-order valence-corrected chi connectivity index (χ4v) is 2.28. The van der Waals surface area contributed by atoms with E-state index in [4.69, 9.17) is 10.00 Å². The normalized spacial score (nSPS) is 12.8. The number of aliphatic hydroxyl groups is 1. The number of nitrogens with zero attached hydrogens (tertiary/aromatic N) is 1. The molecule has 148 valence electrons. The number of nitrogens with one attached hydrogen (secondary N) is 2. The average Bonchev–Trinajstić information content (AvgIpc) is 2.57. The van der Waals surface area contributed by atoms with Crippen molar-refractivity contribution in [2.45, 2.75) is 52.9 Å². The topological polar surface area (TPSA) is 111 Å². The third kappa shape index (κ3) is 9.18. The van der Waals surface area contributed by atoms with Crippen molar-refractivity contribution in [2.24, 2.45) is 5.41 Å². The van der Waals surface area contributed by atoms with Gasteiger partial charge in [-0.15, -0.1) is 0 Å². The lowest BCUT2D eigenvalue weighted by atomic mass is 9.90. The molecule has 1 aromatic carbocycles. The molecule has 0 bridgehead atoms. The van der Waals surface area contributed by atoms with Crippen molar-refractivity contribution < 1.29 is 19.4 Å². The predicted molar refractivity (Wildman–Crippen MR) is 102 cm³/mol. The summed E-state index contributed by atoms with van der Waals surface area (Å²) in [6.07, 6.45) is 0.230. The van der Waals surface area contributed by atoms with Gasteiger partial charge in [0.2, 0.25) is 5.91 Å². The van der Waals surface area contributed by atoms with Gasteiger partial charge >= 0.3 is 0 Å². The maximum Gasteiger partial charge on any atom is 0.251 e. The van der Waals surface area contributed by atoms with Gasteiger partial charge in [0.15, 0.2) is 5.79 Å². The summed E-state index contributed by atoms with van der Waals surface area (Å²) in [6, 6.07) is 8.15.